The molecule has 1 saturated carbocycles. The highest BCUT2D eigenvalue weighted by atomic mass is 15.1. The Hall–Kier alpha value is -0.980. The second-order valence-electron chi connectivity index (χ2n) is 7.73. The lowest BCUT2D eigenvalue weighted by atomic mass is 9.72. The van der Waals surface area contributed by atoms with E-state index in [2.05, 4.69) is 43.0 Å². The average molecular weight is 300 g/mol. The number of hydrogen-bond donors (Lipinski definition) is 0. The summed E-state index contributed by atoms with van der Waals surface area (Å²) < 4.78 is 0. The fourth-order valence-corrected chi connectivity index (χ4v) is 4.74. The van der Waals surface area contributed by atoms with Crippen LogP contribution in [0.5, 0.6) is 0 Å². The fourth-order valence-electron chi connectivity index (χ4n) is 4.74. The van der Waals surface area contributed by atoms with Gasteiger partial charge in [0.25, 0.3) is 0 Å². The maximum Gasteiger partial charge on any atom is 0.0366 e. The molecule has 2 fully saturated rings. The molecule has 0 aromatic heterocycles. The summed E-state index contributed by atoms with van der Waals surface area (Å²) in [5.74, 6) is 3.09. The molecule has 1 nitrogen and oxygen atoms in total. The maximum atomic E-state index is 2.60. The lowest BCUT2D eigenvalue weighted by molar-refractivity contribution is 0.175. The van der Waals surface area contributed by atoms with Crippen LogP contribution in [0, 0.1) is 24.7 Å². The Balaban J connectivity index is 1.47. The molecule has 0 bridgehead atoms. The van der Waals surface area contributed by atoms with E-state index in [-0.39, 0.29) is 0 Å². The molecule has 0 radical (unpaired) electrons. The van der Waals surface area contributed by atoms with Crippen molar-refractivity contribution in [3.63, 3.8) is 0 Å². The quantitative estimate of drug-likeness (QED) is 0.677. The van der Waals surface area contributed by atoms with E-state index in [0.29, 0.717) is 0 Å². The van der Waals surface area contributed by atoms with Crippen LogP contribution < -0.4 is 4.90 Å². The van der Waals surface area contributed by atoms with Crippen molar-refractivity contribution in [2.24, 2.45) is 17.8 Å². The molecule has 0 unspecified atom stereocenters. The van der Waals surface area contributed by atoms with Crippen LogP contribution in [-0.4, -0.2) is 13.1 Å². The molecular weight excluding hydrogens is 266 g/mol. The molecule has 3 rings (SSSR count). The van der Waals surface area contributed by atoms with Gasteiger partial charge in [-0.1, -0.05) is 50.3 Å². The molecule has 22 heavy (non-hydrogen) atoms. The van der Waals surface area contributed by atoms with Crippen LogP contribution in [0.2, 0.25) is 0 Å². The van der Waals surface area contributed by atoms with Gasteiger partial charge in [-0.3, -0.25) is 0 Å². The maximum absolute atomic E-state index is 2.60. The first-order valence-electron chi connectivity index (χ1n) is 9.58. The third-order valence-electron chi connectivity index (χ3n) is 6.19. The second-order valence-corrected chi connectivity index (χ2v) is 7.73. The Morgan fingerprint density at radius 1 is 0.864 bits per heavy atom. The number of hydrogen-bond acceptors (Lipinski definition) is 1. The van der Waals surface area contributed by atoms with Crippen molar-refractivity contribution in [3.8, 4) is 0 Å². The lowest BCUT2D eigenvalue weighted by Crippen LogP contribution is -2.37. The molecule has 122 valence electrons. The monoisotopic (exact) mass is 299 g/mol. The van der Waals surface area contributed by atoms with Crippen molar-refractivity contribution in [2.45, 2.75) is 65.2 Å². The molecule has 1 aliphatic heterocycles. The minimum atomic E-state index is 1.00. The molecular formula is C21H33N. The normalized spacial score (nSPS) is 27.1. The van der Waals surface area contributed by atoms with E-state index in [0.717, 1.165) is 17.8 Å². The Bertz CT molecular complexity index is 433. The number of nitrogens with zero attached hydrogens (tertiary/aromatic N) is 1. The first kappa shape index (κ1) is 15.9. The van der Waals surface area contributed by atoms with Crippen molar-refractivity contribution in [3.05, 3.63) is 29.8 Å². The van der Waals surface area contributed by atoms with Gasteiger partial charge < -0.3 is 4.90 Å². The topological polar surface area (TPSA) is 3.24 Å². The van der Waals surface area contributed by atoms with Crippen LogP contribution in [0.25, 0.3) is 0 Å². The molecule has 1 aromatic carbocycles. The fraction of sp³-hybridized carbons (Fsp3) is 0.714. The van der Waals surface area contributed by atoms with E-state index in [1.165, 1.54) is 75.7 Å². The Morgan fingerprint density at radius 2 is 1.45 bits per heavy atom. The number of rotatable bonds is 4. The van der Waals surface area contributed by atoms with Gasteiger partial charge >= 0.3 is 0 Å². The van der Waals surface area contributed by atoms with Gasteiger partial charge in [0, 0.05) is 18.8 Å². The summed E-state index contributed by atoms with van der Waals surface area (Å²) in [6.07, 6.45) is 11.7. The van der Waals surface area contributed by atoms with E-state index in [1.54, 1.807) is 0 Å². The number of anilines is 1. The zero-order valence-corrected chi connectivity index (χ0v) is 14.6. The summed E-state index contributed by atoms with van der Waals surface area (Å²) in [4.78, 5) is 2.60. The lowest BCUT2D eigenvalue weighted by Gasteiger charge is -2.40. The SMILES string of the molecule is CCCC1CCC(C2CCN(c3ccc(C)cc3)CC2)CC1. The van der Waals surface area contributed by atoms with Gasteiger partial charge in [0.1, 0.15) is 0 Å². The Labute approximate surface area is 137 Å². The van der Waals surface area contributed by atoms with E-state index in [4.69, 9.17) is 0 Å². The summed E-state index contributed by atoms with van der Waals surface area (Å²) >= 11 is 0. The van der Waals surface area contributed by atoms with Gasteiger partial charge in [-0.05, 0) is 62.5 Å². The minimum absolute atomic E-state index is 1.00. The molecule has 1 aliphatic carbocycles. The molecule has 1 aromatic rings. The summed E-state index contributed by atoms with van der Waals surface area (Å²) in [7, 11) is 0. The van der Waals surface area contributed by atoms with Crippen LogP contribution in [0.4, 0.5) is 5.69 Å². The van der Waals surface area contributed by atoms with Gasteiger partial charge in [-0.2, -0.15) is 0 Å². The Kier molecular flexibility index (Phi) is 5.44. The van der Waals surface area contributed by atoms with Gasteiger partial charge in [0.05, 0.1) is 0 Å². The Morgan fingerprint density at radius 3 is 2.05 bits per heavy atom. The third kappa shape index (κ3) is 3.86. The average Bonchev–Trinajstić information content (AvgIpc) is 2.57. The van der Waals surface area contributed by atoms with E-state index < -0.39 is 0 Å². The first-order valence-corrected chi connectivity index (χ1v) is 9.58. The van der Waals surface area contributed by atoms with Crippen molar-refractivity contribution < 1.29 is 0 Å². The number of benzene rings is 1. The van der Waals surface area contributed by atoms with Crippen molar-refractivity contribution in [1.29, 1.82) is 0 Å². The van der Waals surface area contributed by atoms with Gasteiger partial charge in [-0.25, -0.2) is 0 Å². The van der Waals surface area contributed by atoms with E-state index >= 15 is 0 Å². The largest absolute Gasteiger partial charge is 0.372 e. The molecule has 0 N–H and O–H groups in total. The molecule has 1 heterocycles. The summed E-state index contributed by atoms with van der Waals surface area (Å²) in [6.45, 7) is 7.04. The summed E-state index contributed by atoms with van der Waals surface area (Å²) in [6, 6.07) is 9.09. The van der Waals surface area contributed by atoms with Crippen molar-refractivity contribution >= 4 is 5.69 Å². The van der Waals surface area contributed by atoms with Crippen LogP contribution in [0.3, 0.4) is 0 Å². The van der Waals surface area contributed by atoms with Crippen LogP contribution in [-0.2, 0) is 0 Å². The van der Waals surface area contributed by atoms with Crippen LogP contribution in [0.1, 0.15) is 63.9 Å². The molecule has 2 aliphatic rings. The highest BCUT2D eigenvalue weighted by Gasteiger charge is 2.29. The first-order chi connectivity index (χ1) is 10.8. The number of aryl methyl sites for hydroxylation is 1. The zero-order valence-electron chi connectivity index (χ0n) is 14.6. The van der Waals surface area contributed by atoms with Gasteiger partial charge in [-0.15, -0.1) is 0 Å². The van der Waals surface area contributed by atoms with Crippen molar-refractivity contribution in [2.75, 3.05) is 18.0 Å². The molecule has 0 spiro atoms. The highest BCUT2D eigenvalue weighted by Crippen LogP contribution is 2.39. The minimum Gasteiger partial charge on any atom is -0.372 e. The zero-order chi connectivity index (χ0) is 15.4. The summed E-state index contributed by atoms with van der Waals surface area (Å²) in [5.41, 5.74) is 2.79. The predicted octanol–water partition coefficient (Wildman–Crippen LogP) is 5.82. The summed E-state index contributed by atoms with van der Waals surface area (Å²) in [5, 5.41) is 0. The van der Waals surface area contributed by atoms with E-state index in [1.807, 2.05) is 0 Å². The molecule has 0 amide bonds. The molecule has 1 saturated heterocycles. The number of piperidine rings is 1. The van der Waals surface area contributed by atoms with Crippen molar-refractivity contribution in [1.82, 2.24) is 0 Å². The smallest absolute Gasteiger partial charge is 0.0366 e. The van der Waals surface area contributed by atoms with E-state index in [9.17, 15) is 0 Å². The second kappa shape index (κ2) is 7.53. The van der Waals surface area contributed by atoms with Gasteiger partial charge in [0.2, 0.25) is 0 Å². The highest BCUT2D eigenvalue weighted by molar-refractivity contribution is 5.47. The third-order valence-corrected chi connectivity index (χ3v) is 6.19. The van der Waals surface area contributed by atoms with Gasteiger partial charge in [0.15, 0.2) is 0 Å². The molecule has 0 atom stereocenters. The molecule has 1 heteroatoms. The van der Waals surface area contributed by atoms with Crippen LogP contribution >= 0.6 is 0 Å². The van der Waals surface area contributed by atoms with Crippen LogP contribution in [0.15, 0.2) is 24.3 Å². The standard InChI is InChI=1S/C21H33N/c1-3-4-18-7-9-19(10-8-18)20-13-15-22(16-14-20)21-11-5-17(2)6-12-21/h5-6,11-12,18-20H,3-4,7-10,13-16H2,1-2H3. The predicted molar refractivity (Wildman–Crippen MR) is 96.5 cm³/mol.